The van der Waals surface area contributed by atoms with Crippen molar-refractivity contribution in [3.05, 3.63) is 122 Å². The molecule has 0 aliphatic rings. The molecule has 0 spiro atoms. The van der Waals surface area contributed by atoms with Crippen LogP contribution in [0.3, 0.4) is 0 Å². The maximum atomic E-state index is 12.8. The van der Waals surface area contributed by atoms with Gasteiger partial charge in [-0.25, -0.2) is 0 Å². The van der Waals surface area contributed by atoms with Gasteiger partial charge in [0.25, 0.3) is 0 Å². The molecule has 414 valence electrons. The zero-order valence-corrected chi connectivity index (χ0v) is 47.0. The zero-order chi connectivity index (χ0) is 53.4. The Labute approximate surface area is 447 Å². The first-order valence-corrected chi connectivity index (χ1v) is 28.7. The van der Waals surface area contributed by atoms with Crippen LogP contribution in [0, 0.1) is 0 Å². The smallest absolute Gasteiger partial charge is 0.306 e. The minimum atomic E-state index is -1.64. The molecule has 0 N–H and O–H groups in total. The molecule has 0 aromatic heterocycles. The number of hydrogen-bond acceptors (Lipinski definition) is 8. The summed E-state index contributed by atoms with van der Waals surface area (Å²) in [5.74, 6) is -2.40. The highest BCUT2D eigenvalue weighted by atomic mass is 16.7. The summed E-state index contributed by atoms with van der Waals surface area (Å²) in [4.78, 5) is 37.1. The van der Waals surface area contributed by atoms with Gasteiger partial charge in [0.2, 0.25) is 0 Å². The molecule has 0 aliphatic carbocycles. The number of aliphatic carboxylic acids is 1. The molecular formula is C64H105NO8. The first-order valence-electron chi connectivity index (χ1n) is 28.7. The molecule has 2 atom stereocenters. The minimum absolute atomic E-state index is 0.132. The molecule has 0 bridgehead atoms. The van der Waals surface area contributed by atoms with Gasteiger partial charge in [-0.2, -0.15) is 0 Å². The van der Waals surface area contributed by atoms with Gasteiger partial charge in [-0.3, -0.25) is 9.59 Å². The Bertz CT molecular complexity index is 1610. The van der Waals surface area contributed by atoms with Crippen molar-refractivity contribution in [2.75, 3.05) is 47.5 Å². The lowest BCUT2D eigenvalue weighted by Gasteiger charge is -2.26. The lowest BCUT2D eigenvalue weighted by molar-refractivity contribution is -0.870. The van der Waals surface area contributed by atoms with Crippen LogP contribution in [-0.4, -0.2) is 82.3 Å². The van der Waals surface area contributed by atoms with Crippen molar-refractivity contribution in [1.29, 1.82) is 0 Å². The monoisotopic (exact) mass is 1020 g/mol. The van der Waals surface area contributed by atoms with Crippen molar-refractivity contribution in [1.82, 2.24) is 0 Å². The van der Waals surface area contributed by atoms with E-state index in [9.17, 15) is 19.5 Å². The first-order chi connectivity index (χ1) is 35.6. The maximum absolute atomic E-state index is 12.8. The third kappa shape index (κ3) is 55.3. The molecule has 0 saturated carbocycles. The second-order valence-electron chi connectivity index (χ2n) is 19.8. The van der Waals surface area contributed by atoms with Crippen LogP contribution in [0.2, 0.25) is 0 Å². The second kappa shape index (κ2) is 54.0. The molecule has 0 aromatic rings. The molecule has 0 amide bonds. The van der Waals surface area contributed by atoms with Gasteiger partial charge in [0.1, 0.15) is 13.2 Å². The van der Waals surface area contributed by atoms with Crippen molar-refractivity contribution in [2.45, 2.75) is 219 Å². The van der Waals surface area contributed by atoms with E-state index in [1.165, 1.54) is 83.5 Å². The quantitative estimate of drug-likeness (QED) is 0.0195. The number of carbonyl (C=O) groups excluding carboxylic acids is 3. The fourth-order valence-electron chi connectivity index (χ4n) is 7.38. The summed E-state index contributed by atoms with van der Waals surface area (Å²) in [5.41, 5.74) is 0. The van der Waals surface area contributed by atoms with Crippen molar-refractivity contribution < 1.29 is 42.9 Å². The van der Waals surface area contributed by atoms with Crippen molar-refractivity contribution in [2.24, 2.45) is 0 Å². The highest BCUT2D eigenvalue weighted by Gasteiger charge is 2.21. The number of quaternary nitrogens is 1. The van der Waals surface area contributed by atoms with Crippen molar-refractivity contribution in [3.63, 3.8) is 0 Å². The molecule has 0 heterocycles. The Morgan fingerprint density at radius 1 is 0.411 bits per heavy atom. The molecule has 0 aromatic carbocycles. The Hall–Kier alpha value is -4.31. The van der Waals surface area contributed by atoms with Gasteiger partial charge in [0, 0.05) is 12.8 Å². The van der Waals surface area contributed by atoms with E-state index in [2.05, 4.69) is 123 Å². The van der Waals surface area contributed by atoms with E-state index in [0.717, 1.165) is 83.5 Å². The van der Waals surface area contributed by atoms with Gasteiger partial charge in [-0.1, -0.05) is 225 Å². The maximum Gasteiger partial charge on any atom is 0.306 e. The number of carboxylic acid groups (broad SMARTS) is 1. The predicted molar refractivity (Wildman–Crippen MR) is 306 cm³/mol. The van der Waals surface area contributed by atoms with E-state index in [0.29, 0.717) is 23.9 Å². The Kier molecular flexibility index (Phi) is 50.8. The fraction of sp³-hybridized carbons (Fsp3) is 0.641. The predicted octanol–water partition coefficient (Wildman–Crippen LogP) is 15.6. The summed E-state index contributed by atoms with van der Waals surface area (Å²) in [6, 6.07) is 0. The molecular weight excluding hydrogens is 911 g/mol. The van der Waals surface area contributed by atoms with Crippen LogP contribution < -0.4 is 5.11 Å². The van der Waals surface area contributed by atoms with Gasteiger partial charge in [0.15, 0.2) is 12.4 Å². The van der Waals surface area contributed by atoms with Crippen molar-refractivity contribution >= 4 is 17.9 Å². The largest absolute Gasteiger partial charge is 0.545 e. The van der Waals surface area contributed by atoms with Gasteiger partial charge < -0.3 is 33.3 Å². The van der Waals surface area contributed by atoms with Crippen LogP contribution >= 0.6 is 0 Å². The number of ether oxygens (including phenoxy) is 4. The number of carboxylic acids is 1. The number of nitrogens with zero attached hydrogens (tertiary/aromatic N) is 1. The number of carbonyl (C=O) groups is 3. The van der Waals surface area contributed by atoms with Gasteiger partial charge in [0.05, 0.1) is 40.3 Å². The van der Waals surface area contributed by atoms with Gasteiger partial charge in [-0.05, 0) is 89.9 Å². The normalized spacial score (nSPS) is 13.7. The standard InChI is InChI=1S/C64H105NO8/c1-6-8-10-12-14-16-18-20-21-22-23-24-25-26-27-28-29-30-31-32-33-34-35-36-37-38-39-40-41-43-45-47-49-51-53-55-62(67)73-60(59-72-64(63(68)69)70-57-56-65(3,4)5)58-71-61(66)54-52-50-48-46-44-42-19-17-15-13-11-9-7-2/h8-11,14-17,20-21,23-24,26-27,29-30,42,44,48,50,60,64H,6-7,12-13,18-19,22,25,28,31-41,43,45-47,49,51-59H2,1-5H3/b10-8-,11-9-,16-14-,17-15-,21-20-,24-23-,27-26-,30-29-,44-42-,50-48-. The third-order valence-electron chi connectivity index (χ3n) is 11.7. The molecule has 0 saturated heterocycles. The summed E-state index contributed by atoms with van der Waals surface area (Å²) in [5, 5.41) is 11.7. The molecule has 2 unspecified atom stereocenters. The molecule has 9 nitrogen and oxygen atoms in total. The summed E-state index contributed by atoms with van der Waals surface area (Å²) >= 11 is 0. The number of rotatable bonds is 51. The number of esters is 2. The zero-order valence-electron chi connectivity index (χ0n) is 47.0. The van der Waals surface area contributed by atoms with Crippen LogP contribution in [0.25, 0.3) is 0 Å². The Morgan fingerprint density at radius 3 is 1.15 bits per heavy atom. The van der Waals surface area contributed by atoms with Crippen molar-refractivity contribution in [3.8, 4) is 0 Å². The Balaban J connectivity index is 4.14. The van der Waals surface area contributed by atoms with E-state index in [1.54, 1.807) is 0 Å². The SMILES string of the molecule is CC/C=C\C/C=C\C/C=C\C/C=C\C/C=C\C/C=C\CCCCCCCCCCCCCCCCCCC(=O)OC(COC(=O)CC/C=C\C/C=C\C/C=C\C/C=C\CC)COC(OCC[N+](C)(C)C)C(=O)[O-]. The van der Waals surface area contributed by atoms with E-state index in [1.807, 2.05) is 33.3 Å². The van der Waals surface area contributed by atoms with Crippen LogP contribution in [0.5, 0.6) is 0 Å². The average molecular weight is 1020 g/mol. The Morgan fingerprint density at radius 2 is 0.767 bits per heavy atom. The lowest BCUT2D eigenvalue weighted by Crippen LogP contribution is -2.44. The lowest BCUT2D eigenvalue weighted by atomic mass is 10.0. The average Bonchev–Trinajstić information content (AvgIpc) is 3.36. The van der Waals surface area contributed by atoms with E-state index in [4.69, 9.17) is 18.9 Å². The number of allylic oxidation sites excluding steroid dienone is 20. The minimum Gasteiger partial charge on any atom is -0.545 e. The molecule has 9 heteroatoms. The summed E-state index contributed by atoms with van der Waals surface area (Å²) in [6.07, 6.45) is 72.9. The molecule has 0 radical (unpaired) electrons. The second-order valence-corrected chi connectivity index (χ2v) is 19.8. The van der Waals surface area contributed by atoms with Crippen LogP contribution in [0.1, 0.15) is 206 Å². The highest BCUT2D eigenvalue weighted by Crippen LogP contribution is 2.15. The fourth-order valence-corrected chi connectivity index (χ4v) is 7.38. The summed E-state index contributed by atoms with van der Waals surface area (Å²) < 4.78 is 22.5. The van der Waals surface area contributed by atoms with Gasteiger partial charge >= 0.3 is 11.9 Å². The van der Waals surface area contributed by atoms with E-state index < -0.39 is 30.3 Å². The third-order valence-corrected chi connectivity index (χ3v) is 11.7. The molecule has 0 rings (SSSR count). The molecule has 0 fully saturated rings. The number of hydrogen-bond donors (Lipinski definition) is 0. The van der Waals surface area contributed by atoms with Crippen LogP contribution in [0.15, 0.2) is 122 Å². The van der Waals surface area contributed by atoms with Crippen LogP contribution in [-0.2, 0) is 33.3 Å². The number of likely N-dealkylation sites (N-methyl/N-ethyl adjacent to an activating group) is 1. The highest BCUT2D eigenvalue weighted by molar-refractivity contribution is 5.70. The van der Waals surface area contributed by atoms with Crippen LogP contribution in [0.4, 0.5) is 0 Å². The summed E-state index contributed by atoms with van der Waals surface area (Å²) in [6.45, 7) is 4.41. The first kappa shape index (κ1) is 68.7. The summed E-state index contributed by atoms with van der Waals surface area (Å²) in [7, 11) is 5.89. The molecule has 0 aliphatic heterocycles. The van der Waals surface area contributed by atoms with E-state index >= 15 is 0 Å². The topological polar surface area (TPSA) is 111 Å². The number of unbranched alkanes of at least 4 members (excludes halogenated alkanes) is 16. The van der Waals surface area contributed by atoms with E-state index in [-0.39, 0.29) is 32.7 Å². The molecule has 73 heavy (non-hydrogen) atoms. The van der Waals surface area contributed by atoms with Gasteiger partial charge in [-0.15, -0.1) is 0 Å².